The summed E-state index contributed by atoms with van der Waals surface area (Å²) in [5, 5.41) is 0. The first-order chi connectivity index (χ1) is 4.86. The van der Waals surface area contributed by atoms with E-state index in [0.717, 1.165) is 5.56 Å². The van der Waals surface area contributed by atoms with Crippen LogP contribution in [0, 0.1) is 11.9 Å². The lowest BCUT2D eigenvalue weighted by Gasteiger charge is -1.93. The van der Waals surface area contributed by atoms with Gasteiger partial charge in [0.2, 0.25) is 0 Å². The lowest BCUT2D eigenvalue weighted by molar-refractivity contribution is 0.623. The Bertz CT molecular complexity index is 238. The Balaban J connectivity index is 2.32. The third-order valence-electron chi connectivity index (χ3n) is 1.80. The van der Waals surface area contributed by atoms with Crippen LogP contribution in [0.15, 0.2) is 18.2 Å². The highest BCUT2D eigenvalue weighted by atomic mass is 19.1. The highest BCUT2D eigenvalue weighted by Crippen LogP contribution is 2.39. The normalized spacial score (nSPS) is 17.3. The number of hydrogen-bond donors (Lipinski definition) is 0. The van der Waals surface area contributed by atoms with Crippen LogP contribution in [0.3, 0.4) is 0 Å². The van der Waals surface area contributed by atoms with Gasteiger partial charge in [0.05, 0.1) is 0 Å². The molecule has 0 amide bonds. The van der Waals surface area contributed by atoms with Gasteiger partial charge in [0.25, 0.3) is 0 Å². The zero-order valence-corrected chi connectivity index (χ0v) is 5.60. The van der Waals surface area contributed by atoms with E-state index >= 15 is 0 Å². The predicted molar refractivity (Wildman–Crippen MR) is 37.2 cm³/mol. The maximum atomic E-state index is 12.5. The average Bonchev–Trinajstić information content (AvgIpc) is 2.68. The Morgan fingerprint density at radius 1 is 1.40 bits per heavy atom. The molecule has 0 aromatic heterocycles. The number of hydrogen-bond acceptors (Lipinski definition) is 0. The summed E-state index contributed by atoms with van der Waals surface area (Å²) >= 11 is 0. The molecule has 1 heteroatoms. The molecule has 0 unspecified atom stereocenters. The van der Waals surface area contributed by atoms with Gasteiger partial charge in [-0.3, -0.25) is 0 Å². The molecular formula is C9H8F. The van der Waals surface area contributed by atoms with E-state index in [0.29, 0.717) is 5.92 Å². The summed E-state index contributed by atoms with van der Waals surface area (Å²) in [6.07, 6.45) is 2.42. The van der Waals surface area contributed by atoms with Crippen molar-refractivity contribution in [2.24, 2.45) is 0 Å². The number of benzene rings is 1. The molecule has 51 valence electrons. The van der Waals surface area contributed by atoms with Crippen molar-refractivity contribution in [1.82, 2.24) is 0 Å². The van der Waals surface area contributed by atoms with E-state index in [1.807, 2.05) is 6.07 Å². The molecule has 0 atom stereocenters. The van der Waals surface area contributed by atoms with E-state index < -0.39 is 0 Å². The van der Waals surface area contributed by atoms with Gasteiger partial charge < -0.3 is 0 Å². The molecule has 1 fully saturated rings. The SMILES string of the molecule is Fc1[c]c(C2CC2)ccc1. The topological polar surface area (TPSA) is 0 Å². The molecular weight excluding hydrogens is 127 g/mol. The van der Waals surface area contributed by atoms with Crippen LogP contribution in [0.2, 0.25) is 0 Å². The molecule has 0 nitrogen and oxygen atoms in total. The third-order valence-corrected chi connectivity index (χ3v) is 1.80. The van der Waals surface area contributed by atoms with Crippen molar-refractivity contribution < 1.29 is 4.39 Å². The van der Waals surface area contributed by atoms with E-state index in [2.05, 4.69) is 6.07 Å². The van der Waals surface area contributed by atoms with Crippen molar-refractivity contribution in [2.75, 3.05) is 0 Å². The van der Waals surface area contributed by atoms with Crippen LogP contribution in [0.4, 0.5) is 4.39 Å². The molecule has 0 saturated heterocycles. The van der Waals surface area contributed by atoms with Gasteiger partial charge in [-0.1, -0.05) is 12.1 Å². The number of halogens is 1. The fraction of sp³-hybridized carbons (Fsp3) is 0.333. The van der Waals surface area contributed by atoms with Gasteiger partial charge in [0.15, 0.2) is 0 Å². The van der Waals surface area contributed by atoms with E-state index in [1.54, 1.807) is 6.07 Å². The summed E-state index contributed by atoms with van der Waals surface area (Å²) in [7, 11) is 0. The minimum absolute atomic E-state index is 0.232. The standard InChI is InChI=1S/C9H8F/c10-9-3-1-2-8(6-9)7-4-5-7/h1-3,7H,4-5H2. The van der Waals surface area contributed by atoms with Crippen LogP contribution < -0.4 is 0 Å². The summed E-state index contributed by atoms with van der Waals surface area (Å²) in [6, 6.07) is 7.83. The Morgan fingerprint density at radius 2 is 2.20 bits per heavy atom. The highest BCUT2D eigenvalue weighted by molar-refractivity contribution is 5.22. The van der Waals surface area contributed by atoms with Gasteiger partial charge in [-0.05, 0) is 30.4 Å². The Morgan fingerprint density at radius 3 is 2.80 bits per heavy atom. The Kier molecular flexibility index (Phi) is 1.23. The van der Waals surface area contributed by atoms with E-state index in [1.165, 1.54) is 18.9 Å². The summed E-state index contributed by atoms with van der Waals surface area (Å²) in [5.41, 5.74) is 1.04. The molecule has 10 heavy (non-hydrogen) atoms. The van der Waals surface area contributed by atoms with E-state index in [9.17, 15) is 4.39 Å². The second kappa shape index (κ2) is 2.08. The zero-order chi connectivity index (χ0) is 6.97. The van der Waals surface area contributed by atoms with Crippen molar-refractivity contribution in [3.05, 3.63) is 35.6 Å². The zero-order valence-electron chi connectivity index (χ0n) is 5.60. The van der Waals surface area contributed by atoms with Crippen molar-refractivity contribution in [3.63, 3.8) is 0 Å². The second-order valence-corrected chi connectivity index (χ2v) is 2.73. The molecule has 1 aliphatic rings. The van der Waals surface area contributed by atoms with Crippen molar-refractivity contribution >= 4 is 0 Å². The van der Waals surface area contributed by atoms with Crippen LogP contribution >= 0.6 is 0 Å². The lowest BCUT2D eigenvalue weighted by Crippen LogP contribution is -1.80. The van der Waals surface area contributed by atoms with Gasteiger partial charge in [0.1, 0.15) is 5.82 Å². The van der Waals surface area contributed by atoms with Crippen LogP contribution in [-0.2, 0) is 0 Å². The first kappa shape index (κ1) is 5.90. The number of rotatable bonds is 1. The van der Waals surface area contributed by atoms with Gasteiger partial charge in [-0.25, -0.2) is 4.39 Å². The van der Waals surface area contributed by atoms with Crippen molar-refractivity contribution in [1.29, 1.82) is 0 Å². The molecule has 1 saturated carbocycles. The van der Waals surface area contributed by atoms with Crippen LogP contribution in [-0.4, -0.2) is 0 Å². The van der Waals surface area contributed by atoms with Crippen molar-refractivity contribution in [2.45, 2.75) is 18.8 Å². The molecule has 0 bridgehead atoms. The van der Waals surface area contributed by atoms with E-state index in [4.69, 9.17) is 0 Å². The Hall–Kier alpha value is -0.850. The maximum absolute atomic E-state index is 12.5. The minimum Gasteiger partial charge on any atom is -0.206 e. The van der Waals surface area contributed by atoms with Crippen molar-refractivity contribution in [3.8, 4) is 0 Å². The third kappa shape index (κ3) is 1.04. The highest BCUT2D eigenvalue weighted by Gasteiger charge is 2.23. The fourth-order valence-corrected chi connectivity index (χ4v) is 1.09. The molecule has 0 aliphatic heterocycles. The minimum atomic E-state index is -0.232. The first-order valence-electron chi connectivity index (χ1n) is 3.54. The van der Waals surface area contributed by atoms with E-state index in [-0.39, 0.29) is 5.82 Å². The predicted octanol–water partition coefficient (Wildman–Crippen LogP) is 2.50. The van der Waals surface area contributed by atoms with Crippen LogP contribution in [0.5, 0.6) is 0 Å². The molecule has 0 heterocycles. The molecule has 1 aromatic carbocycles. The quantitative estimate of drug-likeness (QED) is 0.555. The fourth-order valence-electron chi connectivity index (χ4n) is 1.09. The van der Waals surface area contributed by atoms with Gasteiger partial charge in [-0.15, -0.1) is 0 Å². The largest absolute Gasteiger partial charge is 0.206 e. The Labute approximate surface area is 59.7 Å². The van der Waals surface area contributed by atoms with Gasteiger partial charge >= 0.3 is 0 Å². The summed E-state index contributed by atoms with van der Waals surface area (Å²) in [4.78, 5) is 0. The average molecular weight is 135 g/mol. The smallest absolute Gasteiger partial charge is 0.131 e. The van der Waals surface area contributed by atoms with Crippen LogP contribution in [0.25, 0.3) is 0 Å². The van der Waals surface area contributed by atoms with Gasteiger partial charge in [-0.2, -0.15) is 0 Å². The summed E-state index contributed by atoms with van der Waals surface area (Å²) < 4.78 is 12.5. The summed E-state index contributed by atoms with van der Waals surface area (Å²) in [6.45, 7) is 0. The van der Waals surface area contributed by atoms with Crippen LogP contribution in [0.1, 0.15) is 24.3 Å². The van der Waals surface area contributed by atoms with Gasteiger partial charge in [0, 0.05) is 6.07 Å². The summed E-state index contributed by atoms with van der Waals surface area (Å²) in [5.74, 6) is 0.375. The maximum Gasteiger partial charge on any atom is 0.131 e. The lowest BCUT2D eigenvalue weighted by atomic mass is 10.1. The first-order valence-corrected chi connectivity index (χ1v) is 3.54. The molecule has 0 N–H and O–H groups in total. The molecule has 1 radical (unpaired) electrons. The molecule has 0 spiro atoms. The second-order valence-electron chi connectivity index (χ2n) is 2.73. The monoisotopic (exact) mass is 135 g/mol. The molecule has 1 aliphatic carbocycles. The molecule has 1 aromatic rings. The molecule has 2 rings (SSSR count).